The van der Waals surface area contributed by atoms with Crippen molar-refractivity contribution in [3.05, 3.63) is 17.7 Å². The number of ether oxygens (including phenoxy) is 1. The maximum atomic E-state index is 10.8. The van der Waals surface area contributed by atoms with Gasteiger partial charge < -0.3 is 14.8 Å². The minimum Gasteiger partial charge on any atom is -0.387 e. The second-order valence-electron chi connectivity index (χ2n) is 7.27. The fraction of sp³-hybridized carbons (Fsp3) is 0.824. The molecule has 1 fully saturated rings. The number of methoxy groups -OCH3 is 1. The van der Waals surface area contributed by atoms with Crippen LogP contribution in [0.4, 0.5) is 0 Å². The van der Waals surface area contributed by atoms with Gasteiger partial charge in [0.15, 0.2) is 0 Å². The largest absolute Gasteiger partial charge is 0.387 e. The van der Waals surface area contributed by atoms with Crippen molar-refractivity contribution < 1.29 is 9.84 Å². The molecule has 1 aromatic heterocycles. The predicted molar refractivity (Wildman–Crippen MR) is 87.7 cm³/mol. The summed E-state index contributed by atoms with van der Waals surface area (Å²) in [5, 5.41) is 10.8. The van der Waals surface area contributed by atoms with Gasteiger partial charge in [0, 0.05) is 50.5 Å². The average Bonchev–Trinajstić information content (AvgIpc) is 2.89. The number of piperidine rings is 1. The van der Waals surface area contributed by atoms with Gasteiger partial charge in [-0.1, -0.05) is 27.2 Å². The van der Waals surface area contributed by atoms with Crippen LogP contribution in [0.2, 0.25) is 0 Å². The van der Waals surface area contributed by atoms with Gasteiger partial charge in [-0.15, -0.1) is 0 Å². The van der Waals surface area contributed by atoms with Crippen molar-refractivity contribution in [1.29, 1.82) is 0 Å². The zero-order chi connectivity index (χ0) is 16.2. The van der Waals surface area contributed by atoms with E-state index in [1.54, 1.807) is 7.11 Å². The standard InChI is InChI=1S/C17H31N3O2/c1-5-6-7-15-18-10-14(19-15)11-20-9-8-17(21,13-22-4)16(2,3)12-20/h10,21H,5-9,11-13H2,1-4H3,(H,18,19). The molecule has 0 saturated carbocycles. The zero-order valence-electron chi connectivity index (χ0n) is 14.5. The van der Waals surface area contributed by atoms with Crippen LogP contribution in [-0.2, 0) is 17.7 Å². The number of hydrogen-bond acceptors (Lipinski definition) is 4. The number of nitrogens with zero attached hydrogens (tertiary/aromatic N) is 2. The number of aryl methyl sites for hydroxylation is 1. The number of hydrogen-bond donors (Lipinski definition) is 2. The Morgan fingerprint density at radius 3 is 2.86 bits per heavy atom. The normalized spacial score (nSPS) is 25.5. The number of unbranched alkanes of at least 4 members (excludes halogenated alkanes) is 1. The second-order valence-corrected chi connectivity index (χ2v) is 7.27. The molecule has 1 aliphatic heterocycles. The van der Waals surface area contributed by atoms with E-state index in [1.165, 1.54) is 18.5 Å². The van der Waals surface area contributed by atoms with Gasteiger partial charge in [-0.05, 0) is 12.8 Å². The molecule has 0 aliphatic carbocycles. The highest BCUT2D eigenvalue weighted by atomic mass is 16.5. The first-order chi connectivity index (χ1) is 10.4. The first-order valence-corrected chi connectivity index (χ1v) is 8.36. The summed E-state index contributed by atoms with van der Waals surface area (Å²) in [6.45, 7) is 9.45. The highest BCUT2D eigenvalue weighted by Gasteiger charge is 2.47. The van der Waals surface area contributed by atoms with Crippen molar-refractivity contribution in [2.75, 3.05) is 26.8 Å². The van der Waals surface area contributed by atoms with Crippen LogP contribution < -0.4 is 0 Å². The summed E-state index contributed by atoms with van der Waals surface area (Å²) in [5.74, 6) is 1.09. The highest BCUT2D eigenvalue weighted by Crippen LogP contribution is 2.39. The number of aliphatic hydroxyl groups is 1. The molecule has 2 N–H and O–H groups in total. The molecule has 126 valence electrons. The number of aromatic amines is 1. The third kappa shape index (κ3) is 3.89. The lowest BCUT2D eigenvalue weighted by Gasteiger charge is -2.50. The fourth-order valence-corrected chi connectivity index (χ4v) is 3.31. The van der Waals surface area contributed by atoms with Gasteiger partial charge in [-0.25, -0.2) is 4.98 Å². The topological polar surface area (TPSA) is 61.4 Å². The van der Waals surface area contributed by atoms with Crippen LogP contribution >= 0.6 is 0 Å². The van der Waals surface area contributed by atoms with Crippen molar-refractivity contribution in [2.45, 2.75) is 58.6 Å². The van der Waals surface area contributed by atoms with Crippen molar-refractivity contribution in [2.24, 2.45) is 5.41 Å². The van der Waals surface area contributed by atoms with Crippen molar-refractivity contribution >= 4 is 0 Å². The SMILES string of the molecule is CCCCc1ncc(CN2CCC(O)(COC)C(C)(C)C2)[nH]1. The molecule has 2 rings (SSSR count). The monoisotopic (exact) mass is 309 g/mol. The summed E-state index contributed by atoms with van der Waals surface area (Å²) < 4.78 is 5.23. The van der Waals surface area contributed by atoms with E-state index in [0.29, 0.717) is 6.61 Å². The number of likely N-dealkylation sites (tertiary alicyclic amines) is 1. The smallest absolute Gasteiger partial charge is 0.106 e. The number of rotatable bonds is 7. The highest BCUT2D eigenvalue weighted by molar-refractivity contribution is 5.04. The lowest BCUT2D eigenvalue weighted by Crippen LogP contribution is -2.59. The second kappa shape index (κ2) is 7.11. The van der Waals surface area contributed by atoms with E-state index in [9.17, 15) is 5.11 Å². The predicted octanol–water partition coefficient (Wildman–Crippen LogP) is 2.36. The molecule has 1 saturated heterocycles. The number of nitrogens with one attached hydrogen (secondary N) is 1. The summed E-state index contributed by atoms with van der Waals surface area (Å²) >= 11 is 0. The van der Waals surface area contributed by atoms with E-state index in [-0.39, 0.29) is 5.41 Å². The molecular weight excluding hydrogens is 278 g/mol. The number of H-pyrrole nitrogens is 1. The quantitative estimate of drug-likeness (QED) is 0.812. The van der Waals surface area contributed by atoms with E-state index in [1.807, 2.05) is 6.20 Å². The maximum Gasteiger partial charge on any atom is 0.106 e. The molecule has 2 heterocycles. The van der Waals surface area contributed by atoms with Crippen LogP contribution in [0.3, 0.4) is 0 Å². The Labute approximate surface area is 134 Å². The molecule has 1 atom stereocenters. The number of aromatic nitrogens is 2. The van der Waals surface area contributed by atoms with E-state index >= 15 is 0 Å². The van der Waals surface area contributed by atoms with Gasteiger partial charge in [-0.3, -0.25) is 4.90 Å². The molecule has 0 spiro atoms. The molecule has 5 heteroatoms. The van der Waals surface area contributed by atoms with E-state index < -0.39 is 5.60 Å². The Balaban J connectivity index is 1.94. The van der Waals surface area contributed by atoms with Crippen LogP contribution in [-0.4, -0.2) is 52.4 Å². The van der Waals surface area contributed by atoms with E-state index in [0.717, 1.165) is 38.3 Å². The first-order valence-electron chi connectivity index (χ1n) is 8.36. The average molecular weight is 309 g/mol. The number of imidazole rings is 1. The summed E-state index contributed by atoms with van der Waals surface area (Å²) in [6, 6.07) is 0. The van der Waals surface area contributed by atoms with Crippen molar-refractivity contribution in [1.82, 2.24) is 14.9 Å². The molecular formula is C17H31N3O2. The molecule has 1 unspecified atom stereocenters. The third-order valence-electron chi connectivity index (χ3n) is 4.95. The Hall–Kier alpha value is -0.910. The van der Waals surface area contributed by atoms with Gasteiger partial charge in [-0.2, -0.15) is 0 Å². The third-order valence-corrected chi connectivity index (χ3v) is 4.95. The van der Waals surface area contributed by atoms with Crippen molar-refractivity contribution in [3.8, 4) is 0 Å². The molecule has 1 aliphatic rings. The summed E-state index contributed by atoms with van der Waals surface area (Å²) in [5.41, 5.74) is 0.240. The summed E-state index contributed by atoms with van der Waals surface area (Å²) in [4.78, 5) is 10.3. The molecule has 22 heavy (non-hydrogen) atoms. The summed E-state index contributed by atoms with van der Waals surface area (Å²) in [7, 11) is 1.66. The van der Waals surface area contributed by atoms with Crippen LogP contribution in [0.1, 0.15) is 51.6 Å². The van der Waals surface area contributed by atoms with Gasteiger partial charge in [0.05, 0.1) is 12.2 Å². The minimum absolute atomic E-state index is 0.188. The first kappa shape index (κ1) is 17.4. The van der Waals surface area contributed by atoms with Crippen LogP contribution in [0.25, 0.3) is 0 Å². The Morgan fingerprint density at radius 2 is 2.23 bits per heavy atom. The van der Waals surface area contributed by atoms with Gasteiger partial charge in [0.2, 0.25) is 0 Å². The Kier molecular flexibility index (Phi) is 5.64. The molecule has 0 amide bonds. The fourth-order valence-electron chi connectivity index (χ4n) is 3.31. The maximum absolute atomic E-state index is 10.8. The lowest BCUT2D eigenvalue weighted by atomic mass is 9.70. The minimum atomic E-state index is -0.738. The summed E-state index contributed by atoms with van der Waals surface area (Å²) in [6.07, 6.45) is 6.08. The molecule has 0 bridgehead atoms. The van der Waals surface area contributed by atoms with Crippen LogP contribution in [0.5, 0.6) is 0 Å². The molecule has 0 aromatic carbocycles. The Morgan fingerprint density at radius 1 is 1.45 bits per heavy atom. The molecule has 0 radical (unpaired) electrons. The van der Waals surface area contributed by atoms with E-state index in [4.69, 9.17) is 4.74 Å². The van der Waals surface area contributed by atoms with Gasteiger partial charge in [0.1, 0.15) is 5.82 Å². The van der Waals surface area contributed by atoms with E-state index in [2.05, 4.69) is 35.6 Å². The zero-order valence-corrected chi connectivity index (χ0v) is 14.5. The van der Waals surface area contributed by atoms with Gasteiger partial charge >= 0.3 is 0 Å². The van der Waals surface area contributed by atoms with Gasteiger partial charge in [0.25, 0.3) is 0 Å². The lowest BCUT2D eigenvalue weighted by molar-refractivity contribution is -0.151. The van der Waals surface area contributed by atoms with Crippen molar-refractivity contribution in [3.63, 3.8) is 0 Å². The molecule has 5 nitrogen and oxygen atoms in total. The van der Waals surface area contributed by atoms with Crippen LogP contribution in [0.15, 0.2) is 6.20 Å². The van der Waals surface area contributed by atoms with Crippen LogP contribution in [0, 0.1) is 5.41 Å². The molecule has 1 aromatic rings. The Bertz CT molecular complexity index is 472.